The largest absolute Gasteiger partial charge is 0.496 e. The molecule has 1 aliphatic rings. The zero-order chi connectivity index (χ0) is 23.1. The molecule has 1 fully saturated rings. The minimum absolute atomic E-state index is 0.0590. The Balaban J connectivity index is 1.56. The van der Waals surface area contributed by atoms with Gasteiger partial charge in [0.15, 0.2) is 0 Å². The van der Waals surface area contributed by atoms with E-state index in [2.05, 4.69) is 10.1 Å². The normalized spacial score (nSPS) is 15.5. The molecule has 0 bridgehead atoms. The van der Waals surface area contributed by atoms with Crippen LogP contribution in [-0.2, 0) is 7.05 Å². The van der Waals surface area contributed by atoms with Crippen molar-refractivity contribution in [1.82, 2.24) is 24.2 Å². The van der Waals surface area contributed by atoms with E-state index in [1.165, 1.54) is 14.2 Å². The highest BCUT2D eigenvalue weighted by atomic mass is 16.5. The number of amides is 1. The molecule has 1 aliphatic heterocycles. The van der Waals surface area contributed by atoms with Gasteiger partial charge in [0.05, 0.1) is 49.8 Å². The summed E-state index contributed by atoms with van der Waals surface area (Å²) in [7, 11) is 4.94. The van der Waals surface area contributed by atoms with Crippen molar-refractivity contribution in [3.63, 3.8) is 0 Å². The van der Waals surface area contributed by atoms with E-state index in [4.69, 9.17) is 9.47 Å². The van der Waals surface area contributed by atoms with E-state index in [1.54, 1.807) is 28.0 Å². The van der Waals surface area contributed by atoms with Crippen molar-refractivity contribution in [2.24, 2.45) is 7.05 Å². The van der Waals surface area contributed by atoms with Crippen LogP contribution >= 0.6 is 0 Å². The summed E-state index contributed by atoms with van der Waals surface area (Å²) < 4.78 is 14.9. The third kappa shape index (κ3) is 3.50. The second-order valence-corrected chi connectivity index (χ2v) is 8.07. The molecule has 1 N–H and O–H groups in total. The molecule has 1 atom stereocenters. The smallest absolute Gasteiger partial charge is 0.261 e. The molecule has 9 heteroatoms. The minimum Gasteiger partial charge on any atom is -0.496 e. The predicted octanol–water partition coefficient (Wildman–Crippen LogP) is 2.65. The summed E-state index contributed by atoms with van der Waals surface area (Å²) in [6, 6.07) is 9.50. The predicted molar refractivity (Wildman–Crippen MR) is 123 cm³/mol. The van der Waals surface area contributed by atoms with Gasteiger partial charge in [-0.2, -0.15) is 5.10 Å². The highest BCUT2D eigenvalue weighted by molar-refractivity contribution is 6.01. The quantitative estimate of drug-likeness (QED) is 0.488. The van der Waals surface area contributed by atoms with Gasteiger partial charge >= 0.3 is 0 Å². The number of aliphatic hydroxyl groups excluding tert-OH is 1. The second kappa shape index (κ2) is 8.25. The van der Waals surface area contributed by atoms with Gasteiger partial charge in [-0.05, 0) is 24.1 Å². The SMILES string of the molecule is COc1cc(-n2cnc3cc(-c4cnn(C)c4)ccc32)cc(OC)c1C(=O)N1CCC1CO. The van der Waals surface area contributed by atoms with Gasteiger partial charge in [0.1, 0.15) is 23.4 Å². The average Bonchev–Trinajstić information content (AvgIpc) is 3.43. The first-order valence-electron chi connectivity index (χ1n) is 10.7. The second-order valence-electron chi connectivity index (χ2n) is 8.07. The molecule has 9 nitrogen and oxygen atoms in total. The van der Waals surface area contributed by atoms with Crippen LogP contribution in [0.5, 0.6) is 11.5 Å². The van der Waals surface area contributed by atoms with Crippen LogP contribution in [0.2, 0.25) is 0 Å². The van der Waals surface area contributed by atoms with E-state index >= 15 is 0 Å². The summed E-state index contributed by atoms with van der Waals surface area (Å²) >= 11 is 0. The number of carbonyl (C=O) groups excluding carboxylic acids is 1. The third-order valence-corrected chi connectivity index (χ3v) is 6.18. The molecule has 170 valence electrons. The molecule has 0 spiro atoms. The highest BCUT2D eigenvalue weighted by Crippen LogP contribution is 2.36. The van der Waals surface area contributed by atoms with Gasteiger partial charge in [-0.1, -0.05) is 6.07 Å². The van der Waals surface area contributed by atoms with Crippen molar-refractivity contribution in [1.29, 1.82) is 0 Å². The molecule has 2 aromatic carbocycles. The summed E-state index contributed by atoms with van der Waals surface area (Å²) in [6.45, 7) is 0.542. The fourth-order valence-electron chi connectivity index (χ4n) is 4.26. The lowest BCUT2D eigenvalue weighted by atomic mass is 10.0. The number of aryl methyl sites for hydroxylation is 1. The number of aliphatic hydroxyl groups is 1. The number of likely N-dealkylation sites (tertiary alicyclic amines) is 1. The highest BCUT2D eigenvalue weighted by Gasteiger charge is 2.35. The van der Waals surface area contributed by atoms with Gasteiger partial charge in [-0.25, -0.2) is 4.98 Å². The number of ether oxygens (including phenoxy) is 2. The van der Waals surface area contributed by atoms with E-state index in [1.807, 2.05) is 42.2 Å². The van der Waals surface area contributed by atoms with Crippen LogP contribution in [0.25, 0.3) is 27.8 Å². The van der Waals surface area contributed by atoms with Gasteiger partial charge in [0.2, 0.25) is 0 Å². The van der Waals surface area contributed by atoms with Crippen LogP contribution in [0.3, 0.4) is 0 Å². The maximum absolute atomic E-state index is 13.2. The summed E-state index contributed by atoms with van der Waals surface area (Å²) in [5, 5.41) is 13.7. The molecule has 2 aromatic heterocycles. The number of hydrogen-bond acceptors (Lipinski definition) is 6. The monoisotopic (exact) mass is 447 g/mol. The lowest BCUT2D eigenvalue weighted by Crippen LogP contribution is -2.53. The zero-order valence-electron chi connectivity index (χ0n) is 18.7. The van der Waals surface area contributed by atoms with E-state index in [0.29, 0.717) is 23.6 Å². The maximum Gasteiger partial charge on any atom is 0.261 e. The summed E-state index contributed by atoms with van der Waals surface area (Å²) in [6.07, 6.45) is 6.31. The third-order valence-electron chi connectivity index (χ3n) is 6.18. The molecule has 1 unspecified atom stereocenters. The molecule has 1 amide bonds. The Morgan fingerprint density at radius 1 is 1.15 bits per heavy atom. The number of rotatable bonds is 6. The molecule has 4 aromatic rings. The number of hydrogen-bond donors (Lipinski definition) is 1. The molecular formula is C24H25N5O4. The van der Waals surface area contributed by atoms with Crippen LogP contribution < -0.4 is 9.47 Å². The summed E-state index contributed by atoms with van der Waals surface area (Å²) in [4.78, 5) is 19.4. The molecule has 0 saturated carbocycles. The maximum atomic E-state index is 13.2. The van der Waals surface area contributed by atoms with E-state index in [-0.39, 0.29) is 18.6 Å². The summed E-state index contributed by atoms with van der Waals surface area (Å²) in [5.74, 6) is 0.607. The van der Waals surface area contributed by atoms with Crippen LogP contribution in [0.4, 0.5) is 0 Å². The lowest BCUT2D eigenvalue weighted by Gasteiger charge is -2.40. The van der Waals surface area contributed by atoms with Crippen molar-refractivity contribution < 1.29 is 19.4 Å². The van der Waals surface area contributed by atoms with Crippen molar-refractivity contribution in [2.75, 3.05) is 27.4 Å². The van der Waals surface area contributed by atoms with E-state index in [9.17, 15) is 9.90 Å². The lowest BCUT2D eigenvalue weighted by molar-refractivity contribution is 0.0290. The van der Waals surface area contributed by atoms with Gasteiger partial charge in [-0.15, -0.1) is 0 Å². The van der Waals surface area contributed by atoms with Crippen molar-refractivity contribution >= 4 is 16.9 Å². The molecule has 3 heterocycles. The standard InChI is InChI=1S/C24H25N5O4/c1-27-12-16(11-26-27)15-4-5-20-19(8-15)25-14-29(20)18-9-21(32-2)23(22(10-18)33-3)24(31)28-7-6-17(28)13-30/h4-5,8-12,14,17,30H,6-7,13H2,1-3H3. The van der Waals surface area contributed by atoms with Crippen LogP contribution in [0.1, 0.15) is 16.8 Å². The first kappa shape index (κ1) is 21.0. The summed E-state index contributed by atoms with van der Waals surface area (Å²) in [5.41, 5.74) is 4.91. The molecule has 33 heavy (non-hydrogen) atoms. The number of fused-ring (bicyclic) bond motifs is 1. The first-order chi connectivity index (χ1) is 16.0. The Bertz CT molecular complexity index is 1310. The zero-order valence-corrected chi connectivity index (χ0v) is 18.7. The molecular weight excluding hydrogens is 422 g/mol. The van der Waals surface area contributed by atoms with Gasteiger partial charge in [-0.3, -0.25) is 14.0 Å². The van der Waals surface area contributed by atoms with Crippen LogP contribution in [0, 0.1) is 0 Å². The fourth-order valence-corrected chi connectivity index (χ4v) is 4.26. The number of nitrogens with zero attached hydrogens (tertiary/aromatic N) is 5. The fraction of sp³-hybridized carbons (Fsp3) is 0.292. The minimum atomic E-state index is -0.211. The van der Waals surface area contributed by atoms with Crippen molar-refractivity contribution in [3.8, 4) is 28.3 Å². The first-order valence-corrected chi connectivity index (χ1v) is 10.7. The number of benzene rings is 2. The van der Waals surface area contributed by atoms with Gasteiger partial charge < -0.3 is 19.5 Å². The topological polar surface area (TPSA) is 94.6 Å². The van der Waals surface area contributed by atoms with E-state index < -0.39 is 0 Å². The molecule has 1 saturated heterocycles. The Morgan fingerprint density at radius 2 is 1.91 bits per heavy atom. The Hall–Kier alpha value is -3.85. The number of carbonyl (C=O) groups is 1. The van der Waals surface area contributed by atoms with Crippen LogP contribution in [0.15, 0.2) is 49.1 Å². The molecule has 0 aliphatic carbocycles. The van der Waals surface area contributed by atoms with Crippen molar-refractivity contribution in [2.45, 2.75) is 12.5 Å². The molecule has 0 radical (unpaired) electrons. The number of methoxy groups -OCH3 is 2. The molecule has 5 rings (SSSR count). The Labute approximate surface area is 190 Å². The van der Waals surface area contributed by atoms with E-state index in [0.717, 1.165) is 34.3 Å². The number of aromatic nitrogens is 4. The van der Waals surface area contributed by atoms with Crippen LogP contribution in [-0.4, -0.2) is 68.7 Å². The Morgan fingerprint density at radius 3 is 2.48 bits per heavy atom. The van der Waals surface area contributed by atoms with Gasteiger partial charge in [0, 0.05) is 37.5 Å². The number of imidazole rings is 1. The Kier molecular flexibility index (Phi) is 5.26. The van der Waals surface area contributed by atoms with Gasteiger partial charge in [0.25, 0.3) is 5.91 Å². The van der Waals surface area contributed by atoms with Crippen molar-refractivity contribution in [3.05, 3.63) is 54.6 Å². The average molecular weight is 447 g/mol.